The molecule has 0 saturated carbocycles. The van der Waals surface area contributed by atoms with E-state index in [1.165, 1.54) is 0 Å². The number of carbonyl (C=O) groups excluding carboxylic acids is 2. The van der Waals surface area contributed by atoms with E-state index in [2.05, 4.69) is 30.4 Å². The first-order valence-corrected chi connectivity index (χ1v) is 17.1. The van der Waals surface area contributed by atoms with Gasteiger partial charge in [-0.3, -0.25) is 15.0 Å². The minimum Gasteiger partial charge on any atom is -0.456 e. The summed E-state index contributed by atoms with van der Waals surface area (Å²) in [6.07, 6.45) is -0.0573. The first-order chi connectivity index (χ1) is 24.5. The summed E-state index contributed by atoms with van der Waals surface area (Å²) in [6.45, 7) is 13.0. The molecule has 6 rings (SSSR count). The molecule has 1 atom stereocenters. The Bertz CT molecular complexity index is 2070. The minimum atomic E-state index is -1.16. The summed E-state index contributed by atoms with van der Waals surface area (Å²) < 4.78 is 12.3. The van der Waals surface area contributed by atoms with Crippen molar-refractivity contribution in [1.82, 2.24) is 30.4 Å². The number of rotatable bonds is 12. The van der Waals surface area contributed by atoms with E-state index in [9.17, 15) is 9.59 Å². The molecule has 0 saturated heterocycles. The summed E-state index contributed by atoms with van der Waals surface area (Å²) in [5.41, 5.74) is 2.04. The number of esters is 1. The zero-order chi connectivity index (χ0) is 36.6. The molecule has 0 aliphatic carbocycles. The average Bonchev–Trinajstić information content (AvgIpc) is 3.84. The van der Waals surface area contributed by atoms with Crippen LogP contribution in [0, 0.1) is 0 Å². The lowest BCUT2D eigenvalue weighted by Crippen LogP contribution is -2.41. The molecule has 0 radical (unpaired) electrons. The Hall–Kier alpha value is -5.74. The smallest absolute Gasteiger partial charge is 0.338 e. The normalized spacial score (nSPS) is 12.1. The third-order valence-electron chi connectivity index (χ3n) is 8.00. The number of H-pyrrole nitrogens is 2. The molecule has 0 aliphatic rings. The van der Waals surface area contributed by atoms with E-state index in [4.69, 9.17) is 9.47 Å². The molecule has 4 aromatic carbocycles. The number of hydrogen-bond donors (Lipinski definition) is 2. The Morgan fingerprint density at radius 1 is 0.647 bits per heavy atom. The molecule has 0 aliphatic heterocycles. The number of ketones is 1. The zero-order valence-electron chi connectivity index (χ0n) is 30.1. The van der Waals surface area contributed by atoms with E-state index >= 15 is 0 Å². The number of nitrogens with one attached hydrogen (secondary N) is 2. The summed E-state index contributed by atoms with van der Waals surface area (Å²) >= 11 is 0. The number of nitrogens with zero attached hydrogens (tertiary/aromatic N) is 4. The number of ether oxygens (including phenoxy) is 2. The van der Waals surface area contributed by atoms with Crippen molar-refractivity contribution >= 4 is 11.8 Å². The van der Waals surface area contributed by atoms with E-state index < -0.39 is 23.3 Å². The molecule has 10 heteroatoms. The Labute approximate surface area is 298 Å². The molecule has 0 amide bonds. The van der Waals surface area contributed by atoms with Crippen LogP contribution < -0.4 is 0 Å². The fraction of sp³-hybridized carbons (Fsp3) is 0.268. The van der Waals surface area contributed by atoms with E-state index in [1.807, 2.05) is 113 Å². The van der Waals surface area contributed by atoms with Crippen molar-refractivity contribution in [2.24, 2.45) is 0 Å². The van der Waals surface area contributed by atoms with Gasteiger partial charge < -0.3 is 9.47 Å². The quantitative estimate of drug-likeness (QED) is 0.0963. The maximum absolute atomic E-state index is 13.7. The predicted octanol–water partition coefficient (Wildman–Crippen LogP) is 9.01. The second kappa shape index (κ2) is 15.9. The molecular weight excluding hydrogens is 640 g/mol. The number of benzene rings is 4. The van der Waals surface area contributed by atoms with Gasteiger partial charge in [-0.15, -0.1) is 0 Å². The first kappa shape index (κ1) is 36.5. The minimum absolute atomic E-state index is 0.186. The first-order valence-electron chi connectivity index (χ1n) is 17.1. The molecule has 2 aromatic heterocycles. The standard InChI is InChI=1S/C39H38N6O4.C2H6/c1-25(48-39(4,5)32(46)28-18-12-19-29(22-28)35-40-33(42-44-35)26-14-8-6-9-15-26)24-38(2,3)49-37(47)31-21-13-20-30(23-31)36-41-34(43-45-36)27-16-10-7-11-17-27;1-2/h6-23,25H,24H2,1-5H3,(H,40,42,44)(H,41,43,45);1-2H3. The highest BCUT2D eigenvalue weighted by atomic mass is 16.6. The molecule has 2 N–H and O–H groups in total. The van der Waals surface area contributed by atoms with Crippen molar-refractivity contribution in [2.75, 3.05) is 0 Å². The van der Waals surface area contributed by atoms with E-state index in [0.29, 0.717) is 52.0 Å². The molecule has 10 nitrogen and oxygen atoms in total. The fourth-order valence-electron chi connectivity index (χ4n) is 5.81. The lowest BCUT2D eigenvalue weighted by molar-refractivity contribution is -0.0790. The van der Waals surface area contributed by atoms with Crippen LogP contribution >= 0.6 is 0 Å². The summed E-state index contributed by atoms with van der Waals surface area (Å²) in [4.78, 5) is 36.2. The molecule has 1 unspecified atom stereocenters. The fourth-order valence-corrected chi connectivity index (χ4v) is 5.81. The van der Waals surface area contributed by atoms with Crippen molar-refractivity contribution in [1.29, 1.82) is 0 Å². The van der Waals surface area contributed by atoms with Crippen molar-refractivity contribution in [3.05, 3.63) is 120 Å². The van der Waals surface area contributed by atoms with Crippen LogP contribution in [0.1, 0.15) is 75.6 Å². The van der Waals surface area contributed by atoms with Gasteiger partial charge in [-0.2, -0.15) is 10.2 Å². The third kappa shape index (κ3) is 9.09. The Morgan fingerprint density at radius 3 is 1.61 bits per heavy atom. The molecular formula is C41H44N6O4. The third-order valence-corrected chi connectivity index (χ3v) is 8.00. The molecule has 51 heavy (non-hydrogen) atoms. The molecule has 0 bridgehead atoms. The van der Waals surface area contributed by atoms with Crippen LogP contribution in [-0.2, 0) is 9.47 Å². The maximum atomic E-state index is 13.7. The average molecular weight is 685 g/mol. The van der Waals surface area contributed by atoms with Gasteiger partial charge in [-0.05, 0) is 52.8 Å². The van der Waals surface area contributed by atoms with Gasteiger partial charge in [0.25, 0.3) is 0 Å². The number of aromatic amines is 2. The highest BCUT2D eigenvalue weighted by molar-refractivity contribution is 6.02. The van der Waals surface area contributed by atoms with Gasteiger partial charge in [-0.1, -0.05) is 105 Å². The van der Waals surface area contributed by atoms with Crippen LogP contribution in [0.25, 0.3) is 45.6 Å². The van der Waals surface area contributed by atoms with Crippen LogP contribution in [0.15, 0.2) is 109 Å². The zero-order valence-corrected chi connectivity index (χ0v) is 30.1. The number of carbonyl (C=O) groups is 2. The highest BCUT2D eigenvalue weighted by Crippen LogP contribution is 2.28. The van der Waals surface area contributed by atoms with Crippen LogP contribution in [0.2, 0.25) is 0 Å². The highest BCUT2D eigenvalue weighted by Gasteiger charge is 2.35. The largest absolute Gasteiger partial charge is 0.456 e. The van der Waals surface area contributed by atoms with Gasteiger partial charge in [0.1, 0.15) is 11.2 Å². The van der Waals surface area contributed by atoms with Gasteiger partial charge in [0, 0.05) is 34.2 Å². The summed E-state index contributed by atoms with van der Waals surface area (Å²) in [5, 5.41) is 14.6. The van der Waals surface area contributed by atoms with Gasteiger partial charge in [0.05, 0.1) is 11.7 Å². The monoisotopic (exact) mass is 684 g/mol. The van der Waals surface area contributed by atoms with Gasteiger partial charge in [-0.25, -0.2) is 14.8 Å². The number of Topliss-reactive ketones (excluding diaryl/α,β-unsaturated/α-hetero) is 1. The second-order valence-corrected chi connectivity index (χ2v) is 13.0. The van der Waals surface area contributed by atoms with Gasteiger partial charge in [0.15, 0.2) is 29.1 Å². The Balaban J connectivity index is 0.00000248. The van der Waals surface area contributed by atoms with Crippen molar-refractivity contribution < 1.29 is 19.1 Å². The summed E-state index contributed by atoms with van der Waals surface area (Å²) in [7, 11) is 0. The van der Waals surface area contributed by atoms with Gasteiger partial charge >= 0.3 is 5.97 Å². The van der Waals surface area contributed by atoms with Crippen LogP contribution in [0.5, 0.6) is 0 Å². The van der Waals surface area contributed by atoms with Gasteiger partial charge in [0.2, 0.25) is 0 Å². The van der Waals surface area contributed by atoms with Crippen molar-refractivity contribution in [3.8, 4) is 45.6 Å². The number of hydrogen-bond acceptors (Lipinski definition) is 8. The van der Waals surface area contributed by atoms with Crippen molar-refractivity contribution in [3.63, 3.8) is 0 Å². The lowest BCUT2D eigenvalue weighted by atomic mass is 9.94. The molecule has 2 heterocycles. The predicted molar refractivity (Wildman–Crippen MR) is 199 cm³/mol. The van der Waals surface area contributed by atoms with E-state index in [-0.39, 0.29) is 5.78 Å². The molecule has 262 valence electrons. The van der Waals surface area contributed by atoms with E-state index in [0.717, 1.165) is 11.1 Å². The lowest BCUT2D eigenvalue weighted by Gasteiger charge is -2.33. The molecule has 0 fully saturated rings. The van der Waals surface area contributed by atoms with Crippen LogP contribution in [-0.4, -0.2) is 59.4 Å². The van der Waals surface area contributed by atoms with Crippen molar-refractivity contribution in [2.45, 2.75) is 72.2 Å². The second-order valence-electron chi connectivity index (χ2n) is 13.0. The topological polar surface area (TPSA) is 136 Å². The molecule has 6 aromatic rings. The summed E-state index contributed by atoms with van der Waals surface area (Å²) in [6, 6.07) is 33.6. The maximum Gasteiger partial charge on any atom is 0.338 e. The van der Waals surface area contributed by atoms with Crippen LogP contribution in [0.3, 0.4) is 0 Å². The molecule has 0 spiro atoms. The Kier molecular flexibility index (Phi) is 11.4. The Morgan fingerprint density at radius 2 is 1.10 bits per heavy atom. The number of aromatic nitrogens is 6. The van der Waals surface area contributed by atoms with Crippen LogP contribution in [0.4, 0.5) is 0 Å². The summed E-state index contributed by atoms with van der Waals surface area (Å²) in [5.74, 6) is 1.59. The SMILES string of the molecule is CC.CC(CC(C)(C)OC(=O)c1cccc(-c2n[nH]c(-c3ccccc3)n2)c1)OC(C)(C)C(=O)c1cccc(-c2n[nH]c(-c3ccccc3)n2)c1. The van der Waals surface area contributed by atoms with E-state index in [1.54, 1.807) is 44.2 Å².